The molecule has 5 heteroatoms. The summed E-state index contributed by atoms with van der Waals surface area (Å²) >= 11 is 0. The zero-order valence-electron chi connectivity index (χ0n) is 9.32. The van der Waals surface area contributed by atoms with Gasteiger partial charge in [-0.25, -0.2) is 4.98 Å². The number of rotatable bonds is 5. The molecule has 1 rings (SSSR count). The van der Waals surface area contributed by atoms with E-state index in [0.717, 1.165) is 18.7 Å². The minimum Gasteiger partial charge on any atom is -0.481 e. The van der Waals surface area contributed by atoms with Gasteiger partial charge in [-0.1, -0.05) is 0 Å². The van der Waals surface area contributed by atoms with E-state index in [0.29, 0.717) is 5.82 Å². The van der Waals surface area contributed by atoms with E-state index in [1.165, 1.54) is 0 Å². The zero-order valence-corrected chi connectivity index (χ0v) is 9.32. The van der Waals surface area contributed by atoms with Gasteiger partial charge < -0.3 is 15.0 Å². The molecular formula is C10H17N3O2. The summed E-state index contributed by atoms with van der Waals surface area (Å²) in [6, 6.07) is 0. The first-order chi connectivity index (χ1) is 7.00. The first-order valence-corrected chi connectivity index (χ1v) is 4.92. The van der Waals surface area contributed by atoms with Crippen molar-refractivity contribution in [2.45, 2.75) is 19.3 Å². The standard InChI is InChI=1S/C10H17N3O2/c1-7(10(14)15)9-11-6-8(12-9)4-5-13(2)3/h6-7H,4-5H2,1-3H3,(H,11,12)(H,14,15). The molecule has 5 nitrogen and oxygen atoms in total. The molecule has 0 bridgehead atoms. The Morgan fingerprint density at radius 2 is 2.33 bits per heavy atom. The Morgan fingerprint density at radius 1 is 1.67 bits per heavy atom. The highest BCUT2D eigenvalue weighted by Crippen LogP contribution is 2.11. The molecule has 0 saturated carbocycles. The van der Waals surface area contributed by atoms with Crippen LogP contribution in [0.4, 0.5) is 0 Å². The SMILES string of the molecule is CC(C(=O)O)c1ncc(CCN(C)C)[nH]1. The number of aromatic amines is 1. The molecule has 1 atom stereocenters. The monoisotopic (exact) mass is 211 g/mol. The minimum atomic E-state index is -0.858. The second-order valence-electron chi connectivity index (χ2n) is 3.91. The summed E-state index contributed by atoms with van der Waals surface area (Å²) in [6.07, 6.45) is 2.56. The van der Waals surface area contributed by atoms with Crippen LogP contribution in [0.3, 0.4) is 0 Å². The van der Waals surface area contributed by atoms with Crippen molar-refractivity contribution in [2.75, 3.05) is 20.6 Å². The molecule has 84 valence electrons. The van der Waals surface area contributed by atoms with Gasteiger partial charge in [0.2, 0.25) is 0 Å². The lowest BCUT2D eigenvalue weighted by atomic mass is 10.2. The van der Waals surface area contributed by atoms with Gasteiger partial charge in [0, 0.05) is 24.9 Å². The Balaban J connectivity index is 2.60. The number of carboxylic acid groups (broad SMARTS) is 1. The summed E-state index contributed by atoms with van der Waals surface area (Å²) in [5.74, 6) is -0.905. The molecular weight excluding hydrogens is 194 g/mol. The lowest BCUT2D eigenvalue weighted by molar-refractivity contribution is -0.138. The summed E-state index contributed by atoms with van der Waals surface area (Å²) in [6.45, 7) is 2.54. The van der Waals surface area contributed by atoms with Crippen LogP contribution in [0.5, 0.6) is 0 Å². The number of aliphatic carboxylic acids is 1. The maximum atomic E-state index is 10.7. The zero-order chi connectivity index (χ0) is 11.4. The van der Waals surface area contributed by atoms with Crippen molar-refractivity contribution in [2.24, 2.45) is 0 Å². The fraction of sp³-hybridized carbons (Fsp3) is 0.600. The van der Waals surface area contributed by atoms with Gasteiger partial charge in [-0.3, -0.25) is 4.79 Å². The molecule has 0 radical (unpaired) electrons. The molecule has 15 heavy (non-hydrogen) atoms. The Hall–Kier alpha value is -1.36. The van der Waals surface area contributed by atoms with Crippen molar-refractivity contribution in [3.05, 3.63) is 17.7 Å². The number of aromatic nitrogens is 2. The van der Waals surface area contributed by atoms with E-state index in [4.69, 9.17) is 5.11 Å². The van der Waals surface area contributed by atoms with Gasteiger partial charge in [-0.05, 0) is 21.0 Å². The average Bonchev–Trinajstić information content (AvgIpc) is 2.61. The van der Waals surface area contributed by atoms with Crippen LogP contribution < -0.4 is 0 Å². The van der Waals surface area contributed by atoms with E-state index in [1.54, 1.807) is 13.1 Å². The number of imidazole rings is 1. The predicted molar refractivity (Wildman–Crippen MR) is 56.9 cm³/mol. The maximum Gasteiger partial charge on any atom is 0.313 e. The smallest absolute Gasteiger partial charge is 0.313 e. The number of nitrogens with one attached hydrogen (secondary N) is 1. The third-order valence-corrected chi connectivity index (χ3v) is 2.26. The third kappa shape index (κ3) is 3.36. The lowest BCUT2D eigenvalue weighted by Gasteiger charge is -2.07. The molecule has 0 aliphatic heterocycles. The molecule has 1 unspecified atom stereocenters. The molecule has 0 saturated heterocycles. The van der Waals surface area contributed by atoms with Crippen LogP contribution >= 0.6 is 0 Å². The van der Waals surface area contributed by atoms with E-state index < -0.39 is 11.9 Å². The number of carboxylic acids is 1. The van der Waals surface area contributed by atoms with Crippen molar-refractivity contribution in [1.82, 2.24) is 14.9 Å². The Labute approximate surface area is 89.1 Å². The number of hydrogen-bond acceptors (Lipinski definition) is 3. The first kappa shape index (κ1) is 11.7. The van der Waals surface area contributed by atoms with Crippen LogP contribution in [0.1, 0.15) is 24.4 Å². The van der Waals surface area contributed by atoms with Crippen LogP contribution in [-0.4, -0.2) is 46.6 Å². The quantitative estimate of drug-likeness (QED) is 0.752. The van der Waals surface area contributed by atoms with Gasteiger partial charge in [0.05, 0.1) is 0 Å². The molecule has 0 aliphatic carbocycles. The lowest BCUT2D eigenvalue weighted by Crippen LogP contribution is -2.15. The summed E-state index contributed by atoms with van der Waals surface area (Å²) < 4.78 is 0. The van der Waals surface area contributed by atoms with Gasteiger partial charge in [0.25, 0.3) is 0 Å². The third-order valence-electron chi connectivity index (χ3n) is 2.26. The average molecular weight is 211 g/mol. The number of hydrogen-bond donors (Lipinski definition) is 2. The van der Waals surface area contributed by atoms with Crippen LogP contribution in [0.25, 0.3) is 0 Å². The second kappa shape index (κ2) is 4.93. The number of nitrogens with zero attached hydrogens (tertiary/aromatic N) is 2. The molecule has 0 aliphatic rings. The summed E-state index contributed by atoms with van der Waals surface area (Å²) in [4.78, 5) is 19.9. The molecule has 1 heterocycles. The van der Waals surface area contributed by atoms with Crippen molar-refractivity contribution in [1.29, 1.82) is 0 Å². The van der Waals surface area contributed by atoms with Crippen molar-refractivity contribution >= 4 is 5.97 Å². The molecule has 0 amide bonds. The van der Waals surface area contributed by atoms with Gasteiger partial charge in [0.15, 0.2) is 0 Å². The van der Waals surface area contributed by atoms with Crippen molar-refractivity contribution in [3.63, 3.8) is 0 Å². The minimum absolute atomic E-state index is 0.524. The number of carbonyl (C=O) groups is 1. The largest absolute Gasteiger partial charge is 0.481 e. The van der Waals surface area contributed by atoms with Crippen LogP contribution in [0, 0.1) is 0 Å². The normalized spacial score (nSPS) is 13.1. The van der Waals surface area contributed by atoms with Crippen LogP contribution in [0.15, 0.2) is 6.20 Å². The molecule has 1 aromatic heterocycles. The first-order valence-electron chi connectivity index (χ1n) is 4.92. The fourth-order valence-corrected chi connectivity index (χ4v) is 1.18. The fourth-order valence-electron chi connectivity index (χ4n) is 1.18. The topological polar surface area (TPSA) is 69.2 Å². The Kier molecular flexibility index (Phi) is 3.85. The van der Waals surface area contributed by atoms with E-state index in [-0.39, 0.29) is 0 Å². The molecule has 1 aromatic rings. The van der Waals surface area contributed by atoms with Gasteiger partial charge in [0.1, 0.15) is 11.7 Å². The van der Waals surface area contributed by atoms with Crippen LogP contribution in [0.2, 0.25) is 0 Å². The van der Waals surface area contributed by atoms with E-state index in [1.807, 2.05) is 14.1 Å². The predicted octanol–water partition coefficient (Wildman–Crippen LogP) is 0.702. The molecule has 0 aromatic carbocycles. The van der Waals surface area contributed by atoms with Crippen LogP contribution in [-0.2, 0) is 11.2 Å². The van der Waals surface area contributed by atoms with Gasteiger partial charge in [-0.2, -0.15) is 0 Å². The van der Waals surface area contributed by atoms with Gasteiger partial charge >= 0.3 is 5.97 Å². The van der Waals surface area contributed by atoms with E-state index >= 15 is 0 Å². The number of H-pyrrole nitrogens is 1. The van der Waals surface area contributed by atoms with E-state index in [2.05, 4.69) is 14.9 Å². The number of likely N-dealkylation sites (N-methyl/N-ethyl adjacent to an activating group) is 1. The summed E-state index contributed by atoms with van der Waals surface area (Å²) in [5.41, 5.74) is 0.979. The summed E-state index contributed by atoms with van der Waals surface area (Å²) in [5, 5.41) is 8.79. The molecule has 2 N–H and O–H groups in total. The maximum absolute atomic E-state index is 10.7. The Morgan fingerprint density at radius 3 is 2.87 bits per heavy atom. The molecule has 0 spiro atoms. The van der Waals surface area contributed by atoms with Crippen molar-refractivity contribution < 1.29 is 9.90 Å². The second-order valence-corrected chi connectivity index (χ2v) is 3.91. The highest BCUT2D eigenvalue weighted by molar-refractivity contribution is 5.74. The highest BCUT2D eigenvalue weighted by atomic mass is 16.4. The summed E-state index contributed by atoms with van der Waals surface area (Å²) in [7, 11) is 3.99. The Bertz CT molecular complexity index is 333. The van der Waals surface area contributed by atoms with Crippen molar-refractivity contribution in [3.8, 4) is 0 Å². The molecule has 0 fully saturated rings. The van der Waals surface area contributed by atoms with E-state index in [9.17, 15) is 4.79 Å². The highest BCUT2D eigenvalue weighted by Gasteiger charge is 2.16. The van der Waals surface area contributed by atoms with Gasteiger partial charge in [-0.15, -0.1) is 0 Å².